The monoisotopic (exact) mass is 353 g/mol. The predicted octanol–water partition coefficient (Wildman–Crippen LogP) is 4.16. The summed E-state index contributed by atoms with van der Waals surface area (Å²) in [5, 5.41) is 8.37. The molecule has 2 aromatic heterocycles. The fourth-order valence-electron chi connectivity index (χ4n) is 2.32. The number of benzene rings is 1. The van der Waals surface area contributed by atoms with Crippen molar-refractivity contribution in [2.45, 2.75) is 31.4 Å². The first kappa shape index (κ1) is 17.4. The molecule has 0 fully saturated rings. The van der Waals surface area contributed by atoms with Gasteiger partial charge in [-0.05, 0) is 29.2 Å². The van der Waals surface area contributed by atoms with Gasteiger partial charge in [-0.1, -0.05) is 49.9 Å². The van der Waals surface area contributed by atoms with E-state index < -0.39 is 0 Å². The Morgan fingerprint density at radius 3 is 2.48 bits per heavy atom. The van der Waals surface area contributed by atoms with E-state index in [0.717, 1.165) is 11.1 Å². The van der Waals surface area contributed by atoms with Gasteiger partial charge in [0.2, 0.25) is 5.89 Å². The van der Waals surface area contributed by atoms with E-state index in [1.54, 1.807) is 24.5 Å². The molecule has 0 saturated heterocycles. The number of hydrogen-bond donors (Lipinski definition) is 0. The van der Waals surface area contributed by atoms with Crippen LogP contribution in [0.15, 0.2) is 58.4 Å². The van der Waals surface area contributed by atoms with Crippen molar-refractivity contribution in [1.82, 2.24) is 15.2 Å². The summed E-state index contributed by atoms with van der Waals surface area (Å²) in [6, 6.07) is 11.8. The molecule has 0 unspecified atom stereocenters. The molecule has 0 atom stereocenters. The Bertz CT molecular complexity index is 829. The van der Waals surface area contributed by atoms with E-state index in [4.69, 9.17) is 4.42 Å². The van der Waals surface area contributed by atoms with E-state index in [9.17, 15) is 4.79 Å². The molecule has 5 nitrogen and oxygen atoms in total. The van der Waals surface area contributed by atoms with Crippen LogP contribution < -0.4 is 0 Å². The Morgan fingerprint density at radius 1 is 1.08 bits per heavy atom. The van der Waals surface area contributed by atoms with E-state index in [2.05, 4.69) is 41.2 Å². The smallest absolute Gasteiger partial charge is 0.277 e. The zero-order valence-electron chi connectivity index (χ0n) is 14.2. The standard InChI is InChI=1S/C19H19N3O2S/c1-13(2)15-5-3-14(4-6-15)11-17(23)12-25-19-22-21-18(24-19)16-7-9-20-10-8-16/h3-10,13H,11-12H2,1-2H3. The topological polar surface area (TPSA) is 68.9 Å². The third kappa shape index (κ3) is 4.76. The average molecular weight is 353 g/mol. The van der Waals surface area contributed by atoms with Gasteiger partial charge < -0.3 is 4.42 Å². The highest BCUT2D eigenvalue weighted by Crippen LogP contribution is 2.23. The highest BCUT2D eigenvalue weighted by Gasteiger charge is 2.11. The van der Waals surface area contributed by atoms with Crippen molar-refractivity contribution in [3.63, 3.8) is 0 Å². The highest BCUT2D eigenvalue weighted by molar-refractivity contribution is 7.99. The van der Waals surface area contributed by atoms with Gasteiger partial charge in [0.1, 0.15) is 5.78 Å². The molecule has 1 aromatic carbocycles. The number of carbonyl (C=O) groups excluding carboxylic acids is 1. The molecule has 3 rings (SSSR count). The molecule has 6 heteroatoms. The lowest BCUT2D eigenvalue weighted by molar-refractivity contribution is -0.116. The van der Waals surface area contributed by atoms with Gasteiger partial charge in [0.25, 0.3) is 5.22 Å². The summed E-state index contributed by atoms with van der Waals surface area (Å²) in [6.07, 6.45) is 3.75. The Labute approximate surface area is 150 Å². The van der Waals surface area contributed by atoms with Gasteiger partial charge in [-0.15, -0.1) is 10.2 Å². The molecular weight excluding hydrogens is 334 g/mol. The number of carbonyl (C=O) groups is 1. The molecule has 128 valence electrons. The van der Waals surface area contributed by atoms with E-state index >= 15 is 0 Å². The van der Waals surface area contributed by atoms with E-state index in [1.807, 2.05) is 12.1 Å². The van der Waals surface area contributed by atoms with Gasteiger partial charge in [0.15, 0.2) is 0 Å². The number of rotatable bonds is 7. The summed E-state index contributed by atoms with van der Waals surface area (Å²) < 4.78 is 5.57. The van der Waals surface area contributed by atoms with Crippen LogP contribution in [0, 0.1) is 0 Å². The van der Waals surface area contributed by atoms with E-state index in [1.165, 1.54) is 17.3 Å². The maximum absolute atomic E-state index is 12.2. The summed E-state index contributed by atoms with van der Waals surface area (Å²) in [5.74, 6) is 1.36. The number of pyridine rings is 1. The molecule has 3 aromatic rings. The number of thioether (sulfide) groups is 1. The Balaban J connectivity index is 1.53. The van der Waals surface area contributed by atoms with Crippen LogP contribution in [0.3, 0.4) is 0 Å². The Hall–Kier alpha value is -2.47. The van der Waals surface area contributed by atoms with Crippen LogP contribution in [-0.2, 0) is 11.2 Å². The number of nitrogens with zero attached hydrogens (tertiary/aromatic N) is 3. The fraction of sp³-hybridized carbons (Fsp3) is 0.263. The first-order valence-electron chi connectivity index (χ1n) is 8.09. The minimum Gasteiger partial charge on any atom is -0.411 e. The summed E-state index contributed by atoms with van der Waals surface area (Å²) in [7, 11) is 0. The lowest BCUT2D eigenvalue weighted by Gasteiger charge is -2.06. The molecule has 0 saturated carbocycles. The highest BCUT2D eigenvalue weighted by atomic mass is 32.2. The molecule has 0 amide bonds. The second-order valence-electron chi connectivity index (χ2n) is 6.01. The minimum absolute atomic E-state index is 0.131. The molecule has 0 bridgehead atoms. The van der Waals surface area contributed by atoms with Crippen molar-refractivity contribution < 1.29 is 9.21 Å². The van der Waals surface area contributed by atoms with Gasteiger partial charge in [0, 0.05) is 24.4 Å². The normalized spacial score (nSPS) is 11.0. The maximum atomic E-state index is 12.2. The SMILES string of the molecule is CC(C)c1ccc(CC(=O)CSc2nnc(-c3ccncc3)o2)cc1. The zero-order chi connectivity index (χ0) is 17.6. The summed E-state index contributed by atoms with van der Waals surface area (Å²) >= 11 is 1.27. The molecule has 0 aliphatic heterocycles. The van der Waals surface area contributed by atoms with Crippen LogP contribution >= 0.6 is 11.8 Å². The van der Waals surface area contributed by atoms with Gasteiger partial charge in [0.05, 0.1) is 5.75 Å². The molecule has 0 N–H and O–H groups in total. The quantitative estimate of drug-likeness (QED) is 0.594. The van der Waals surface area contributed by atoms with Crippen molar-refractivity contribution in [2.24, 2.45) is 0 Å². The molecular formula is C19H19N3O2S. The third-order valence-corrected chi connectivity index (χ3v) is 4.62. The van der Waals surface area contributed by atoms with Crippen LogP contribution in [0.25, 0.3) is 11.5 Å². The first-order valence-corrected chi connectivity index (χ1v) is 9.07. The lowest BCUT2D eigenvalue weighted by atomic mass is 10.0. The van der Waals surface area contributed by atoms with Crippen molar-refractivity contribution in [1.29, 1.82) is 0 Å². The molecule has 0 aliphatic rings. The zero-order valence-corrected chi connectivity index (χ0v) is 15.0. The average Bonchev–Trinajstić information content (AvgIpc) is 3.10. The predicted molar refractivity (Wildman–Crippen MR) is 97.5 cm³/mol. The van der Waals surface area contributed by atoms with Crippen molar-refractivity contribution in [2.75, 3.05) is 5.75 Å². The Kier molecular flexibility index (Phi) is 5.60. The van der Waals surface area contributed by atoms with Crippen molar-refractivity contribution >= 4 is 17.5 Å². The van der Waals surface area contributed by atoms with Crippen LogP contribution in [0.2, 0.25) is 0 Å². The van der Waals surface area contributed by atoms with Gasteiger partial charge in [-0.25, -0.2) is 0 Å². The largest absolute Gasteiger partial charge is 0.411 e. The molecule has 0 radical (unpaired) electrons. The summed E-state index contributed by atoms with van der Waals surface area (Å²) in [6.45, 7) is 4.31. The number of aromatic nitrogens is 3. The second kappa shape index (κ2) is 8.07. The number of Topliss-reactive ketones (excluding diaryl/α,β-unsaturated/α-hetero) is 1. The molecule has 0 aliphatic carbocycles. The third-order valence-electron chi connectivity index (χ3n) is 3.74. The second-order valence-corrected chi connectivity index (χ2v) is 6.94. The summed E-state index contributed by atoms with van der Waals surface area (Å²) in [5.41, 5.74) is 3.11. The van der Waals surface area contributed by atoms with Crippen LogP contribution in [-0.4, -0.2) is 26.7 Å². The van der Waals surface area contributed by atoms with E-state index in [-0.39, 0.29) is 5.78 Å². The number of ketones is 1. The maximum Gasteiger partial charge on any atom is 0.277 e. The first-order chi connectivity index (χ1) is 12.1. The van der Waals surface area contributed by atoms with E-state index in [0.29, 0.717) is 29.2 Å². The van der Waals surface area contributed by atoms with Crippen molar-refractivity contribution in [3.8, 4) is 11.5 Å². The molecule has 0 spiro atoms. The van der Waals surface area contributed by atoms with Gasteiger partial charge in [-0.2, -0.15) is 0 Å². The van der Waals surface area contributed by atoms with Gasteiger partial charge >= 0.3 is 0 Å². The number of hydrogen-bond acceptors (Lipinski definition) is 6. The lowest BCUT2D eigenvalue weighted by Crippen LogP contribution is -2.05. The van der Waals surface area contributed by atoms with Crippen LogP contribution in [0.4, 0.5) is 0 Å². The van der Waals surface area contributed by atoms with Crippen LogP contribution in [0.5, 0.6) is 0 Å². The Morgan fingerprint density at radius 2 is 1.80 bits per heavy atom. The van der Waals surface area contributed by atoms with Crippen molar-refractivity contribution in [3.05, 3.63) is 59.9 Å². The summed E-state index contributed by atoms with van der Waals surface area (Å²) in [4.78, 5) is 16.1. The fourth-order valence-corrected chi connectivity index (χ4v) is 2.94. The van der Waals surface area contributed by atoms with Crippen LogP contribution in [0.1, 0.15) is 30.9 Å². The molecule has 25 heavy (non-hydrogen) atoms. The van der Waals surface area contributed by atoms with Gasteiger partial charge in [-0.3, -0.25) is 9.78 Å². The molecule has 2 heterocycles. The minimum atomic E-state index is 0.131.